The molecule has 0 saturated carbocycles. The van der Waals surface area contributed by atoms with Crippen LogP contribution in [0.4, 0.5) is 0 Å². The Kier molecular flexibility index (Phi) is 11.0. The van der Waals surface area contributed by atoms with Gasteiger partial charge in [-0.05, 0) is 96.0 Å². The largest absolute Gasteiger partial charge is 0.296 e. The lowest BCUT2D eigenvalue weighted by molar-refractivity contribution is 0.757. The summed E-state index contributed by atoms with van der Waals surface area (Å²) in [4.78, 5) is 5.45. The highest BCUT2D eigenvalue weighted by Gasteiger charge is 2.39. The summed E-state index contributed by atoms with van der Waals surface area (Å²) in [5, 5.41) is 4.67. The standard InChI is InChI=1S/C47H49B15N2/c48-35-32(36(49)40(53)43(56)39(35)52)21-9-7-8-20(18-21)31-23-10-1-2-11-24(23)34(25-17-16-22(19-27(25)31)33-37(50)41(54)44(57)42(55)38(33)51)26-12-3-5-14-29(26)64-30-15-6-4-13-28(30)63-45(64)46(58,59)47(60,61)62/h1-19H,48-62H2. The molecule has 2 nitrogen and oxygen atoms in total. The fourth-order valence-corrected chi connectivity index (χ4v) is 10.5. The average Bonchev–Trinajstić information content (AvgIpc) is 3.68. The van der Waals surface area contributed by atoms with Crippen LogP contribution >= 0.6 is 0 Å². The summed E-state index contributed by atoms with van der Waals surface area (Å²) in [5.74, 6) is 1.07. The Balaban J connectivity index is 1.43. The number of hydrogen-bond donors (Lipinski definition) is 0. The predicted molar refractivity (Wildman–Crippen MR) is 327 cm³/mol. The van der Waals surface area contributed by atoms with Crippen LogP contribution in [0.1, 0.15) is 5.82 Å². The number of imidazole rings is 1. The maximum Gasteiger partial charge on any atom is 0.139 e. The van der Waals surface area contributed by atoms with Crippen molar-refractivity contribution in [1.29, 1.82) is 0 Å². The van der Waals surface area contributed by atoms with E-state index in [9.17, 15) is 0 Å². The molecule has 1 heterocycles. The lowest BCUT2D eigenvalue weighted by atomic mass is 9.23. The molecule has 0 aliphatic carbocycles. The highest BCUT2D eigenvalue weighted by Crippen LogP contribution is 2.47. The van der Waals surface area contributed by atoms with E-state index in [-0.39, 0.29) is 10.3 Å². The number of hydrogen-bond acceptors (Lipinski definition) is 1. The van der Waals surface area contributed by atoms with Gasteiger partial charge in [0.05, 0.1) is 40.3 Å². The van der Waals surface area contributed by atoms with Gasteiger partial charge in [0.15, 0.2) is 0 Å². The van der Waals surface area contributed by atoms with Crippen molar-refractivity contribution in [2.75, 3.05) is 0 Å². The Bertz CT molecular complexity index is 3370. The van der Waals surface area contributed by atoms with E-state index in [0.29, 0.717) is 0 Å². The summed E-state index contributed by atoms with van der Waals surface area (Å²) >= 11 is 0. The van der Waals surface area contributed by atoms with Gasteiger partial charge in [0, 0.05) is 5.56 Å². The summed E-state index contributed by atoms with van der Waals surface area (Å²) in [5.41, 5.74) is 27.1. The molecule has 0 fully saturated rings. The van der Waals surface area contributed by atoms with Gasteiger partial charge in [-0.3, -0.25) is 4.57 Å². The number of aromatic nitrogens is 2. The molecule has 0 bridgehead atoms. The summed E-state index contributed by atoms with van der Waals surface area (Å²) < 4.78 is 2.46. The number of benzene rings is 8. The van der Waals surface area contributed by atoms with Crippen molar-refractivity contribution in [3.05, 3.63) is 121 Å². The molecular formula is C47H49B15N2. The third-order valence-corrected chi connectivity index (χ3v) is 16.2. The van der Waals surface area contributed by atoms with Crippen LogP contribution in [0.2, 0.25) is 5.11 Å². The summed E-state index contributed by atoms with van der Waals surface area (Å²) in [6.45, 7) is 0. The minimum atomic E-state index is -0.252. The van der Waals surface area contributed by atoms with Gasteiger partial charge in [-0.15, -0.1) is 37.9 Å². The second-order valence-electron chi connectivity index (χ2n) is 20.3. The topological polar surface area (TPSA) is 17.8 Å². The van der Waals surface area contributed by atoms with Gasteiger partial charge in [0.1, 0.15) is 100.0 Å². The predicted octanol–water partition coefficient (Wildman–Crippen LogP) is -10.0. The monoisotopic (exact) mass is 807 g/mol. The van der Waals surface area contributed by atoms with Crippen molar-refractivity contribution in [3.63, 3.8) is 0 Å². The lowest BCUT2D eigenvalue weighted by Gasteiger charge is -2.39. The minimum Gasteiger partial charge on any atom is -0.296 e. The molecule has 8 aromatic carbocycles. The molecule has 9 aromatic rings. The first-order valence-electron chi connectivity index (χ1n) is 23.2. The smallest absolute Gasteiger partial charge is 0.139 e. The summed E-state index contributed by atoms with van der Waals surface area (Å²) in [6.07, 6.45) is 0. The minimum absolute atomic E-state index is 0.0525. The van der Waals surface area contributed by atoms with E-state index in [1.54, 1.807) is 0 Å². The van der Waals surface area contributed by atoms with E-state index in [0.717, 1.165) is 22.5 Å². The van der Waals surface area contributed by atoms with Crippen LogP contribution < -0.4 is 54.6 Å². The number of nitrogens with zero attached hydrogens (tertiary/aromatic N) is 2. The Morgan fingerprint density at radius 2 is 0.828 bits per heavy atom. The normalized spacial score (nSPS) is 12.1. The molecule has 9 rings (SSSR count). The highest BCUT2D eigenvalue weighted by molar-refractivity contribution is 6.70. The van der Waals surface area contributed by atoms with Crippen LogP contribution in [0.15, 0.2) is 115 Å². The first-order chi connectivity index (χ1) is 30.3. The summed E-state index contributed by atoms with van der Waals surface area (Å²) in [7, 11) is 34.6. The molecule has 0 radical (unpaired) electrons. The molecule has 0 saturated heterocycles. The van der Waals surface area contributed by atoms with Crippen molar-refractivity contribution >= 4 is 205 Å². The van der Waals surface area contributed by atoms with Crippen LogP contribution in [0.5, 0.6) is 0 Å². The molecule has 0 atom stereocenters. The molecule has 0 aliphatic rings. The van der Waals surface area contributed by atoms with Crippen LogP contribution in [0.3, 0.4) is 0 Å². The maximum absolute atomic E-state index is 5.45. The van der Waals surface area contributed by atoms with E-state index in [1.807, 2.05) is 0 Å². The fraction of sp³-hybridized carbons (Fsp3) is 0.0426. The Hall–Kier alpha value is -5.28. The molecule has 17 heteroatoms. The molecule has 292 valence electrons. The van der Waals surface area contributed by atoms with E-state index >= 15 is 0 Å². The first kappa shape index (κ1) is 44.0. The molecule has 1 aromatic heterocycles. The number of para-hydroxylation sites is 3. The Labute approximate surface area is 393 Å². The van der Waals surface area contributed by atoms with Crippen LogP contribution in [0, 0.1) is 0 Å². The van der Waals surface area contributed by atoms with Gasteiger partial charge in [-0.25, -0.2) is 4.98 Å². The number of fused-ring (bicyclic) bond motifs is 3. The van der Waals surface area contributed by atoms with Gasteiger partial charge in [0.2, 0.25) is 0 Å². The van der Waals surface area contributed by atoms with Gasteiger partial charge >= 0.3 is 0 Å². The Morgan fingerprint density at radius 3 is 1.41 bits per heavy atom. The second kappa shape index (κ2) is 16.0. The molecule has 0 aliphatic heterocycles. The van der Waals surface area contributed by atoms with Crippen molar-refractivity contribution in [1.82, 2.24) is 9.55 Å². The zero-order valence-electron chi connectivity index (χ0n) is 40.9. The zero-order valence-corrected chi connectivity index (χ0v) is 40.9. The molecule has 0 spiro atoms. The molecule has 64 heavy (non-hydrogen) atoms. The molecule has 0 unspecified atom stereocenters. The quantitative estimate of drug-likeness (QED) is 0.116. The lowest BCUT2D eigenvalue weighted by Crippen LogP contribution is -2.55. The van der Waals surface area contributed by atoms with Crippen molar-refractivity contribution in [3.8, 4) is 50.2 Å². The van der Waals surface area contributed by atoms with Gasteiger partial charge in [-0.1, -0.05) is 107 Å². The third kappa shape index (κ3) is 6.73. The van der Waals surface area contributed by atoms with E-state index in [4.69, 9.17) is 4.98 Å². The SMILES string of the molecule is Bc1c(B)c(B)c(-c2cccc(-c3c4ccccc4c(-c4ccccc4-n4c(C(B)(B)C(B)(B)B)nc5ccccc54)c4ccc(-c5c(B)c(B)c(B)c(B)c5B)cc34)c2)c(B)c1B. The molecule has 0 N–H and O–H groups in total. The van der Waals surface area contributed by atoms with E-state index in [2.05, 4.69) is 238 Å². The average molecular weight is 804 g/mol. The van der Waals surface area contributed by atoms with E-state index < -0.39 is 0 Å². The third-order valence-electron chi connectivity index (χ3n) is 16.2. The highest BCUT2D eigenvalue weighted by atomic mass is 15.1. The fourth-order valence-electron chi connectivity index (χ4n) is 10.5. The molecular weight excluding hydrogens is 755 g/mol. The van der Waals surface area contributed by atoms with Gasteiger partial charge in [-0.2, -0.15) is 0 Å². The summed E-state index contributed by atoms with van der Waals surface area (Å²) in [6, 6.07) is 43.5. The van der Waals surface area contributed by atoms with E-state index in [1.165, 1.54) is 121 Å². The van der Waals surface area contributed by atoms with Crippen molar-refractivity contribution in [2.24, 2.45) is 0 Å². The zero-order chi connectivity index (χ0) is 45.7. The number of rotatable bonds is 7. The van der Waals surface area contributed by atoms with Crippen molar-refractivity contribution < 1.29 is 0 Å². The molecule has 0 amide bonds. The van der Waals surface area contributed by atoms with Crippen LogP contribution in [0.25, 0.3) is 82.8 Å². The van der Waals surface area contributed by atoms with Gasteiger partial charge < -0.3 is 0 Å². The Morgan fingerprint density at radius 1 is 0.375 bits per heavy atom. The maximum atomic E-state index is 5.45. The van der Waals surface area contributed by atoms with Crippen LogP contribution in [-0.4, -0.2) is 127 Å². The van der Waals surface area contributed by atoms with Crippen LogP contribution in [-0.2, 0) is 5.21 Å². The van der Waals surface area contributed by atoms with Crippen molar-refractivity contribution in [2.45, 2.75) is 10.3 Å². The second-order valence-corrected chi connectivity index (χ2v) is 20.3. The van der Waals surface area contributed by atoms with Gasteiger partial charge in [0.25, 0.3) is 0 Å². The first-order valence-corrected chi connectivity index (χ1v) is 23.2.